The van der Waals surface area contributed by atoms with Gasteiger partial charge in [-0.25, -0.2) is 9.20 Å². The maximum atomic E-state index is 11.7. The molecule has 0 unspecified atom stereocenters. The van der Waals surface area contributed by atoms with Gasteiger partial charge in [-0.15, -0.1) is 0 Å². The number of nitriles is 1. The molecule has 0 aliphatic heterocycles. The minimum atomic E-state index is -2.25. The Morgan fingerprint density at radius 1 is 1.42 bits per heavy atom. The van der Waals surface area contributed by atoms with Gasteiger partial charge in [0.1, 0.15) is 6.07 Å². The lowest BCUT2D eigenvalue weighted by Crippen LogP contribution is -2.07. The summed E-state index contributed by atoms with van der Waals surface area (Å²) in [6.45, 7) is 0. The van der Waals surface area contributed by atoms with Gasteiger partial charge < -0.3 is 4.90 Å². The summed E-state index contributed by atoms with van der Waals surface area (Å²) in [4.78, 5) is 5.99. The summed E-state index contributed by atoms with van der Waals surface area (Å²) in [6.07, 6.45) is 4.71. The molecule has 0 fully saturated rings. The van der Waals surface area contributed by atoms with Gasteiger partial charge in [0.25, 0.3) is 0 Å². The quantitative estimate of drug-likeness (QED) is 0.626. The molecule has 1 aromatic carbocycles. The molecule has 1 aromatic rings. The topological polar surface area (TPSA) is 68.8 Å². The molecule has 0 bridgehead atoms. The monoisotopic (exact) mass is 342 g/mol. The molecule has 0 saturated heterocycles. The first-order chi connectivity index (χ1) is 8.73. The first-order valence-electron chi connectivity index (χ1n) is 5.34. The fourth-order valence-electron chi connectivity index (χ4n) is 1.27. The Morgan fingerprint density at radius 3 is 2.53 bits per heavy atom. The van der Waals surface area contributed by atoms with Crippen LogP contribution in [0.15, 0.2) is 26.0 Å². The molecule has 7 heteroatoms. The van der Waals surface area contributed by atoms with E-state index in [4.69, 9.17) is 5.26 Å². The predicted octanol–water partition coefficient (Wildman–Crippen LogP) is 2.90. The molecule has 0 aliphatic carbocycles. The van der Waals surface area contributed by atoms with Crippen molar-refractivity contribution in [3.8, 4) is 6.07 Å². The Labute approximate surface area is 122 Å². The summed E-state index contributed by atoms with van der Waals surface area (Å²) in [5.41, 5.74) is 1.45. The number of hydrogen-bond acceptors (Lipinski definition) is 4. The minimum Gasteiger partial charge on any atom is -0.369 e. The molecule has 0 aliphatic rings. The van der Waals surface area contributed by atoms with Gasteiger partial charge in [0, 0.05) is 40.8 Å². The third-order valence-electron chi connectivity index (χ3n) is 1.92. The third-order valence-corrected chi connectivity index (χ3v) is 3.19. The van der Waals surface area contributed by atoms with Gasteiger partial charge in [-0.2, -0.15) is 9.62 Å². The van der Waals surface area contributed by atoms with Crippen LogP contribution < -0.4 is 0 Å². The van der Waals surface area contributed by atoms with E-state index < -0.39 is 9.73 Å². The standard InChI is InChI=1S/C12H15BrN4OS/c1-17(2)8-15-12-6-9(16-19(3,4)18)5-11(13)10(12)7-14/h5-6,8H,1-4H3/b15-8-. The summed E-state index contributed by atoms with van der Waals surface area (Å²) in [5.74, 6) is 0. The lowest BCUT2D eigenvalue weighted by Gasteiger charge is -2.06. The van der Waals surface area contributed by atoms with Crippen molar-refractivity contribution in [1.29, 1.82) is 5.26 Å². The van der Waals surface area contributed by atoms with Gasteiger partial charge >= 0.3 is 0 Å². The third kappa shape index (κ3) is 5.01. The number of aliphatic imine (C=N–C) groups is 1. The van der Waals surface area contributed by atoms with Crippen molar-refractivity contribution in [1.82, 2.24) is 4.90 Å². The van der Waals surface area contributed by atoms with Gasteiger partial charge in [0.2, 0.25) is 0 Å². The molecule has 0 aromatic heterocycles. The highest BCUT2D eigenvalue weighted by Gasteiger charge is 2.08. The van der Waals surface area contributed by atoms with Gasteiger partial charge in [-0.05, 0) is 28.1 Å². The Hall–Kier alpha value is -1.39. The van der Waals surface area contributed by atoms with Gasteiger partial charge in [-0.3, -0.25) is 0 Å². The fourth-order valence-corrected chi connectivity index (χ4v) is 2.41. The predicted molar refractivity (Wildman–Crippen MR) is 82.8 cm³/mol. The first-order valence-corrected chi connectivity index (χ1v) is 8.47. The lowest BCUT2D eigenvalue weighted by atomic mass is 10.2. The molecule has 0 atom stereocenters. The average Bonchev–Trinajstić information content (AvgIpc) is 2.23. The second-order valence-electron chi connectivity index (χ2n) is 4.41. The molecule has 0 spiro atoms. The summed E-state index contributed by atoms with van der Waals surface area (Å²) in [7, 11) is 1.42. The van der Waals surface area contributed by atoms with Crippen LogP contribution in [0.4, 0.5) is 11.4 Å². The van der Waals surface area contributed by atoms with Crippen LogP contribution in [0.25, 0.3) is 0 Å². The molecular weight excluding hydrogens is 328 g/mol. The van der Waals surface area contributed by atoms with Crippen molar-refractivity contribution in [2.45, 2.75) is 0 Å². The van der Waals surface area contributed by atoms with Crippen molar-refractivity contribution < 1.29 is 4.21 Å². The van der Waals surface area contributed by atoms with E-state index >= 15 is 0 Å². The van der Waals surface area contributed by atoms with Crippen LogP contribution in [0, 0.1) is 11.3 Å². The van der Waals surface area contributed by atoms with E-state index in [-0.39, 0.29) is 0 Å². The second-order valence-corrected chi connectivity index (χ2v) is 7.81. The van der Waals surface area contributed by atoms with Crippen LogP contribution in [-0.4, -0.2) is 42.1 Å². The zero-order valence-electron chi connectivity index (χ0n) is 11.2. The Morgan fingerprint density at radius 2 is 2.05 bits per heavy atom. The molecule has 1 rings (SSSR count). The van der Waals surface area contributed by atoms with Crippen molar-refractivity contribution >= 4 is 43.4 Å². The SMILES string of the molecule is CN(C)/C=N\c1cc(N=S(C)(C)=O)cc(Br)c1C#N. The van der Waals surface area contributed by atoms with E-state index in [1.54, 1.807) is 35.9 Å². The molecule has 0 saturated carbocycles. The lowest BCUT2D eigenvalue weighted by molar-refractivity contribution is 0.643. The number of nitrogens with zero attached hydrogens (tertiary/aromatic N) is 4. The van der Waals surface area contributed by atoms with E-state index in [9.17, 15) is 4.21 Å². The molecule has 0 heterocycles. The van der Waals surface area contributed by atoms with Crippen LogP contribution in [0.1, 0.15) is 5.56 Å². The van der Waals surface area contributed by atoms with E-state index in [1.165, 1.54) is 0 Å². The summed E-state index contributed by atoms with van der Waals surface area (Å²) < 4.78 is 16.4. The molecule has 5 nitrogen and oxygen atoms in total. The van der Waals surface area contributed by atoms with Crippen molar-refractivity contribution in [3.05, 3.63) is 22.2 Å². The van der Waals surface area contributed by atoms with Crippen LogP contribution >= 0.6 is 15.9 Å². The van der Waals surface area contributed by atoms with E-state index in [1.807, 2.05) is 14.1 Å². The van der Waals surface area contributed by atoms with E-state index in [2.05, 4.69) is 31.4 Å². The highest BCUT2D eigenvalue weighted by atomic mass is 79.9. The zero-order valence-corrected chi connectivity index (χ0v) is 13.6. The van der Waals surface area contributed by atoms with Crippen molar-refractivity contribution in [2.75, 3.05) is 26.6 Å². The maximum absolute atomic E-state index is 11.7. The highest BCUT2D eigenvalue weighted by molar-refractivity contribution is 9.10. The first kappa shape index (κ1) is 15.7. The summed E-state index contributed by atoms with van der Waals surface area (Å²) in [5, 5.41) is 9.13. The largest absolute Gasteiger partial charge is 0.369 e. The number of benzene rings is 1. The van der Waals surface area contributed by atoms with Crippen molar-refractivity contribution in [3.63, 3.8) is 0 Å². The maximum Gasteiger partial charge on any atom is 0.103 e. The number of rotatable bonds is 3. The molecule has 102 valence electrons. The Balaban J connectivity index is 3.44. The summed E-state index contributed by atoms with van der Waals surface area (Å²) >= 11 is 3.31. The van der Waals surface area contributed by atoms with E-state index in [0.717, 1.165) is 0 Å². The van der Waals surface area contributed by atoms with Gasteiger partial charge in [0.05, 0.1) is 23.3 Å². The van der Waals surface area contributed by atoms with Gasteiger partial charge in [-0.1, -0.05) is 0 Å². The molecule has 0 radical (unpaired) electrons. The fraction of sp³-hybridized carbons (Fsp3) is 0.333. The second kappa shape index (κ2) is 6.17. The van der Waals surface area contributed by atoms with Crippen LogP contribution in [0.2, 0.25) is 0 Å². The van der Waals surface area contributed by atoms with Crippen LogP contribution in [-0.2, 0) is 9.73 Å². The van der Waals surface area contributed by atoms with Gasteiger partial charge in [0.15, 0.2) is 0 Å². The normalized spacial score (nSPS) is 11.4. The minimum absolute atomic E-state index is 0.427. The summed E-state index contributed by atoms with van der Waals surface area (Å²) in [6, 6.07) is 5.40. The zero-order chi connectivity index (χ0) is 14.6. The smallest absolute Gasteiger partial charge is 0.103 e. The van der Waals surface area contributed by atoms with E-state index in [0.29, 0.717) is 21.4 Å². The molecular formula is C12H15BrN4OS. The molecule has 0 amide bonds. The van der Waals surface area contributed by atoms with Crippen LogP contribution in [0.3, 0.4) is 0 Å². The molecule has 19 heavy (non-hydrogen) atoms. The Kier molecular flexibility index (Phi) is 5.09. The number of halogens is 1. The number of hydrogen-bond donors (Lipinski definition) is 0. The average molecular weight is 343 g/mol. The van der Waals surface area contributed by atoms with Crippen molar-refractivity contribution in [2.24, 2.45) is 9.36 Å². The Bertz CT molecular complexity index is 659. The van der Waals surface area contributed by atoms with Crippen LogP contribution in [0.5, 0.6) is 0 Å². The highest BCUT2D eigenvalue weighted by Crippen LogP contribution is 2.32. The molecule has 0 N–H and O–H groups in total.